The first-order valence-corrected chi connectivity index (χ1v) is 8.95. The fraction of sp³-hybridized carbons (Fsp3) is 0.318. The molecule has 0 saturated heterocycles. The van der Waals surface area contributed by atoms with Crippen molar-refractivity contribution in [2.75, 3.05) is 0 Å². The van der Waals surface area contributed by atoms with Crippen LogP contribution in [0.4, 0.5) is 0 Å². The van der Waals surface area contributed by atoms with Crippen LogP contribution in [0.3, 0.4) is 0 Å². The number of carbonyl (C=O) groups excluding carboxylic acids is 1. The van der Waals surface area contributed by atoms with Crippen LogP contribution < -0.4 is 0 Å². The highest BCUT2D eigenvalue weighted by atomic mass is 16.6. The number of aldehydes is 1. The highest BCUT2D eigenvalue weighted by Gasteiger charge is 2.01. The van der Waals surface area contributed by atoms with E-state index in [1.165, 1.54) is 12.2 Å². The number of rotatable bonds is 14. The molecular weight excluding hydrogens is 326 g/mol. The second kappa shape index (κ2) is 18.6. The zero-order chi connectivity index (χ0) is 19.3. The summed E-state index contributed by atoms with van der Waals surface area (Å²) in [5.41, 5.74) is 0.0438. The summed E-state index contributed by atoms with van der Waals surface area (Å²) >= 11 is 0. The van der Waals surface area contributed by atoms with E-state index in [-0.39, 0.29) is 5.70 Å². The second-order valence-electron chi connectivity index (χ2n) is 5.34. The third-order valence-corrected chi connectivity index (χ3v) is 3.13. The number of nitrogens with zero attached hydrogens (tertiary/aromatic N) is 1. The van der Waals surface area contributed by atoms with Gasteiger partial charge in [0.1, 0.15) is 6.29 Å². The quantitative estimate of drug-likeness (QED) is 0.0952. The molecule has 0 rings (SSSR count). The fourth-order valence-corrected chi connectivity index (χ4v) is 1.80. The molecule has 0 fully saturated rings. The molecule has 140 valence electrons. The van der Waals surface area contributed by atoms with Gasteiger partial charge in [-0.3, -0.25) is 10.1 Å². The van der Waals surface area contributed by atoms with Gasteiger partial charge in [0.2, 0.25) is 0 Å². The van der Waals surface area contributed by atoms with Crippen molar-refractivity contribution in [2.45, 2.75) is 45.4 Å². The molecule has 0 aliphatic carbocycles. The second-order valence-corrected chi connectivity index (χ2v) is 5.34. The lowest BCUT2D eigenvalue weighted by molar-refractivity contribution is -0.419. The van der Waals surface area contributed by atoms with Gasteiger partial charge in [-0.05, 0) is 32.1 Å². The molecule has 0 aromatic heterocycles. The van der Waals surface area contributed by atoms with Gasteiger partial charge in [-0.1, -0.05) is 73.8 Å². The average Bonchev–Trinajstić information content (AvgIpc) is 2.63. The van der Waals surface area contributed by atoms with E-state index in [2.05, 4.69) is 25.2 Å². The number of nitro groups is 1. The summed E-state index contributed by atoms with van der Waals surface area (Å²) in [4.78, 5) is 20.7. The minimum absolute atomic E-state index is 0.0438. The van der Waals surface area contributed by atoms with Gasteiger partial charge in [0, 0.05) is 18.6 Å². The normalized spacial score (nSPS) is 13.5. The molecule has 0 atom stereocenters. The van der Waals surface area contributed by atoms with E-state index in [4.69, 9.17) is 0 Å². The predicted octanol–water partition coefficient (Wildman–Crippen LogP) is 6.04. The van der Waals surface area contributed by atoms with Crippen LogP contribution in [-0.4, -0.2) is 11.2 Å². The Balaban J connectivity index is 4.28. The van der Waals surface area contributed by atoms with E-state index in [0.717, 1.165) is 38.4 Å². The number of unbranched alkanes of at least 4 members (excludes halogenated alkanes) is 1. The molecule has 0 heterocycles. The van der Waals surface area contributed by atoms with Gasteiger partial charge in [0.15, 0.2) is 0 Å². The van der Waals surface area contributed by atoms with E-state index in [1.54, 1.807) is 18.2 Å². The van der Waals surface area contributed by atoms with Gasteiger partial charge in [0.05, 0.1) is 4.92 Å². The lowest BCUT2D eigenvalue weighted by Gasteiger charge is -1.88. The first-order chi connectivity index (χ1) is 12.7. The zero-order valence-electron chi connectivity index (χ0n) is 15.5. The van der Waals surface area contributed by atoms with Crippen molar-refractivity contribution in [1.82, 2.24) is 0 Å². The summed E-state index contributed by atoms with van der Waals surface area (Å²) in [6, 6.07) is 0. The maximum atomic E-state index is 11.0. The lowest BCUT2D eigenvalue weighted by atomic mass is 10.2. The monoisotopic (exact) mass is 355 g/mol. The van der Waals surface area contributed by atoms with Crippen LogP contribution in [0, 0.1) is 10.1 Å². The Morgan fingerprint density at radius 3 is 2.08 bits per heavy atom. The molecule has 4 heteroatoms. The summed E-state index contributed by atoms with van der Waals surface area (Å²) in [5, 5.41) is 11.0. The van der Waals surface area contributed by atoms with Crippen molar-refractivity contribution in [3.05, 3.63) is 94.8 Å². The summed E-state index contributed by atoms with van der Waals surface area (Å²) in [6.07, 6.45) is 29.8. The molecule has 0 aliphatic rings. The van der Waals surface area contributed by atoms with Crippen LogP contribution in [0.2, 0.25) is 0 Å². The molecule has 0 spiro atoms. The summed E-state index contributed by atoms with van der Waals surface area (Å²) in [5.74, 6) is 0. The first kappa shape index (κ1) is 23.2. The molecular formula is C22H29NO3. The van der Waals surface area contributed by atoms with Gasteiger partial charge in [-0.25, -0.2) is 0 Å². The largest absolute Gasteiger partial charge is 0.303 e. The van der Waals surface area contributed by atoms with Gasteiger partial charge < -0.3 is 4.79 Å². The molecule has 0 aromatic rings. The number of hydrogen-bond acceptors (Lipinski definition) is 3. The molecule has 4 nitrogen and oxygen atoms in total. The standard InChI is InChI=1S/C22H29NO3/c1-2-3-4-5-6-7-10-13-16-19-22(23(25)26)20-17-14-11-8-9-12-15-18-21-24/h3-4,6-7,9,11-14,16-17,19-21H,2,5,8,10,15,18H2,1H3/b4-3-,7-6-,12-9-,14-11-,16-13-,20-17-,22-19+. The third kappa shape index (κ3) is 16.1. The molecule has 0 radical (unpaired) electrons. The number of hydrogen-bond donors (Lipinski definition) is 0. The first-order valence-electron chi connectivity index (χ1n) is 8.95. The van der Waals surface area contributed by atoms with E-state index in [1.807, 2.05) is 30.4 Å². The average molecular weight is 355 g/mol. The minimum atomic E-state index is -0.403. The van der Waals surface area contributed by atoms with Crippen molar-refractivity contribution < 1.29 is 9.72 Å². The Labute approximate surface area is 156 Å². The molecule has 0 bridgehead atoms. The van der Waals surface area contributed by atoms with Crippen molar-refractivity contribution in [1.29, 1.82) is 0 Å². The predicted molar refractivity (Wildman–Crippen MR) is 109 cm³/mol. The van der Waals surface area contributed by atoms with Gasteiger partial charge >= 0.3 is 0 Å². The Morgan fingerprint density at radius 1 is 0.808 bits per heavy atom. The molecule has 0 amide bonds. The van der Waals surface area contributed by atoms with E-state index >= 15 is 0 Å². The van der Waals surface area contributed by atoms with Crippen molar-refractivity contribution >= 4 is 6.29 Å². The van der Waals surface area contributed by atoms with Gasteiger partial charge in [-0.15, -0.1) is 0 Å². The maximum Gasteiger partial charge on any atom is 0.269 e. The third-order valence-electron chi connectivity index (χ3n) is 3.13. The summed E-state index contributed by atoms with van der Waals surface area (Å²) < 4.78 is 0. The van der Waals surface area contributed by atoms with E-state index in [9.17, 15) is 14.9 Å². The van der Waals surface area contributed by atoms with E-state index in [0.29, 0.717) is 6.42 Å². The fourth-order valence-electron chi connectivity index (χ4n) is 1.80. The Hall–Kier alpha value is -2.75. The van der Waals surface area contributed by atoms with Gasteiger partial charge in [-0.2, -0.15) is 0 Å². The molecule has 0 aliphatic heterocycles. The highest BCUT2D eigenvalue weighted by molar-refractivity contribution is 5.49. The molecule has 0 N–H and O–H groups in total. The van der Waals surface area contributed by atoms with Crippen molar-refractivity contribution in [3.63, 3.8) is 0 Å². The van der Waals surface area contributed by atoms with Crippen LogP contribution in [0.5, 0.6) is 0 Å². The topological polar surface area (TPSA) is 60.2 Å². The van der Waals surface area contributed by atoms with Crippen molar-refractivity contribution in [2.24, 2.45) is 0 Å². The van der Waals surface area contributed by atoms with Crippen LogP contribution in [0.15, 0.2) is 84.7 Å². The molecule has 26 heavy (non-hydrogen) atoms. The van der Waals surface area contributed by atoms with Gasteiger partial charge in [0.25, 0.3) is 5.70 Å². The SMILES string of the molecule is CC/C=C\C/C=C\C\C=C/C=C(\C=C/C=C\C/C=C\CCC=O)[N+](=O)[O-]. The Bertz CT molecular complexity index is 591. The van der Waals surface area contributed by atoms with Crippen LogP contribution in [-0.2, 0) is 4.79 Å². The Morgan fingerprint density at radius 2 is 1.42 bits per heavy atom. The number of allylic oxidation sites excluding steroid dienone is 13. The zero-order valence-corrected chi connectivity index (χ0v) is 15.5. The van der Waals surface area contributed by atoms with E-state index < -0.39 is 4.92 Å². The maximum absolute atomic E-state index is 11.0. The Kier molecular flexibility index (Phi) is 16.6. The van der Waals surface area contributed by atoms with Crippen LogP contribution in [0.25, 0.3) is 0 Å². The van der Waals surface area contributed by atoms with Crippen LogP contribution >= 0.6 is 0 Å². The smallest absolute Gasteiger partial charge is 0.269 e. The van der Waals surface area contributed by atoms with Crippen molar-refractivity contribution in [3.8, 4) is 0 Å². The molecule has 0 saturated carbocycles. The van der Waals surface area contributed by atoms with Crippen LogP contribution in [0.1, 0.15) is 45.4 Å². The minimum Gasteiger partial charge on any atom is -0.303 e. The lowest BCUT2D eigenvalue weighted by Crippen LogP contribution is -1.94. The number of carbonyl (C=O) groups is 1. The molecule has 0 unspecified atom stereocenters. The summed E-state index contributed by atoms with van der Waals surface area (Å²) in [6.45, 7) is 2.10. The summed E-state index contributed by atoms with van der Waals surface area (Å²) in [7, 11) is 0. The highest BCUT2D eigenvalue weighted by Crippen LogP contribution is 2.01. The molecule has 0 aromatic carbocycles.